The van der Waals surface area contributed by atoms with Gasteiger partial charge in [0.05, 0.1) is 132 Å². The largest absolute Gasteiger partial charge is 0.481 e. The highest BCUT2D eigenvalue weighted by Gasteiger charge is 2.04. The Hall–Kier alpha value is -0.980. The van der Waals surface area contributed by atoms with E-state index in [1.165, 1.54) is 0 Å². The van der Waals surface area contributed by atoms with Crippen LogP contribution in [0.2, 0.25) is 0 Å². The zero-order valence-corrected chi connectivity index (χ0v) is 27.1. The van der Waals surface area contributed by atoms with Crippen molar-refractivity contribution in [2.24, 2.45) is 0 Å². The highest BCUT2D eigenvalue weighted by Crippen LogP contribution is 2.01. The van der Waals surface area contributed by atoms with E-state index >= 15 is 0 Å². The molecule has 0 bridgehead atoms. The molecule has 0 aliphatic heterocycles. The van der Waals surface area contributed by atoms with Gasteiger partial charge in [0.25, 0.3) is 0 Å². The number of carbonyl (C=O) groups is 2. The summed E-state index contributed by atoms with van der Waals surface area (Å²) in [7, 11) is 0. The molecule has 0 aromatic carbocycles. The molecule has 0 unspecified atom stereocenters. The predicted molar refractivity (Wildman–Crippen MR) is 159 cm³/mol. The van der Waals surface area contributed by atoms with Crippen LogP contribution in [0.15, 0.2) is 0 Å². The predicted octanol–water partition coefficient (Wildman–Crippen LogP) is 1.74. The lowest BCUT2D eigenvalue weighted by molar-refractivity contribution is -0.146. The summed E-state index contributed by atoms with van der Waals surface area (Å²) in [6.07, 6.45) is 1.24. The molecule has 0 amide bonds. The summed E-state index contributed by atoms with van der Waals surface area (Å²) in [5, 5.41) is 9.37. The number of carboxylic acid groups (broad SMARTS) is 1. The van der Waals surface area contributed by atoms with Gasteiger partial charge in [0.1, 0.15) is 6.61 Å². The third kappa shape index (κ3) is 39.0. The standard InChI is InChI=1S/C28H53BrO14/c29-5-6-33-7-8-34-9-10-35-11-12-36-13-14-37-15-16-38-17-18-39-19-20-40-21-22-41-23-24-42-25-26-43-28(32)4-2-1-3-27(30)31/h1-26H2,(H,30,31). The van der Waals surface area contributed by atoms with E-state index in [-0.39, 0.29) is 32.0 Å². The molecule has 14 nitrogen and oxygen atoms in total. The molecule has 43 heavy (non-hydrogen) atoms. The van der Waals surface area contributed by atoms with Gasteiger partial charge in [0.2, 0.25) is 0 Å². The smallest absolute Gasteiger partial charge is 0.305 e. The van der Waals surface area contributed by atoms with E-state index in [1.807, 2.05) is 0 Å². The summed E-state index contributed by atoms with van der Waals surface area (Å²) in [4.78, 5) is 21.9. The molecule has 0 aliphatic carbocycles. The fourth-order valence-corrected chi connectivity index (χ4v) is 3.20. The molecule has 0 spiro atoms. The maximum absolute atomic E-state index is 11.5. The normalized spacial score (nSPS) is 11.3. The minimum atomic E-state index is -0.862. The van der Waals surface area contributed by atoms with Crippen LogP contribution in [0.25, 0.3) is 0 Å². The third-order valence-electron chi connectivity index (χ3n) is 5.08. The van der Waals surface area contributed by atoms with E-state index in [9.17, 15) is 9.59 Å². The van der Waals surface area contributed by atoms with E-state index in [2.05, 4.69) is 15.9 Å². The fourth-order valence-electron chi connectivity index (χ4n) is 2.97. The number of ether oxygens (including phenoxy) is 11. The van der Waals surface area contributed by atoms with Crippen molar-refractivity contribution in [1.82, 2.24) is 0 Å². The van der Waals surface area contributed by atoms with E-state index in [1.54, 1.807) is 0 Å². The maximum atomic E-state index is 11.5. The molecule has 0 aliphatic rings. The topological polar surface area (TPSA) is 156 Å². The summed E-state index contributed by atoms with van der Waals surface area (Å²) in [6.45, 7) is 10.0. The number of rotatable bonds is 37. The summed E-state index contributed by atoms with van der Waals surface area (Å²) < 4.78 is 59.0. The van der Waals surface area contributed by atoms with Crippen molar-refractivity contribution < 1.29 is 66.8 Å². The van der Waals surface area contributed by atoms with Crippen LogP contribution in [0.4, 0.5) is 0 Å². The first-order valence-corrected chi connectivity index (χ1v) is 16.0. The van der Waals surface area contributed by atoms with Gasteiger partial charge in [-0.1, -0.05) is 15.9 Å². The molecule has 0 radical (unpaired) electrons. The van der Waals surface area contributed by atoms with E-state index < -0.39 is 5.97 Å². The number of hydrogen-bond donors (Lipinski definition) is 1. The Balaban J connectivity index is 3.09. The van der Waals surface area contributed by atoms with Gasteiger partial charge >= 0.3 is 11.9 Å². The number of aliphatic carboxylic acids is 1. The fraction of sp³-hybridized carbons (Fsp3) is 0.929. The number of unbranched alkanes of at least 4 members (excludes halogenated alkanes) is 1. The second-order valence-electron chi connectivity index (χ2n) is 8.63. The molecule has 0 heterocycles. The van der Waals surface area contributed by atoms with Crippen molar-refractivity contribution in [3.05, 3.63) is 0 Å². The van der Waals surface area contributed by atoms with Gasteiger partial charge in [-0.25, -0.2) is 0 Å². The molecule has 256 valence electrons. The summed E-state index contributed by atoms with van der Waals surface area (Å²) in [5.74, 6) is -1.21. The van der Waals surface area contributed by atoms with E-state index in [0.29, 0.717) is 138 Å². The van der Waals surface area contributed by atoms with Gasteiger partial charge in [0.15, 0.2) is 0 Å². The molecular formula is C28H53BrO14. The Kier molecular flexibility index (Phi) is 36.4. The van der Waals surface area contributed by atoms with Gasteiger partial charge in [-0.15, -0.1) is 0 Å². The summed E-state index contributed by atoms with van der Waals surface area (Å²) in [5.41, 5.74) is 0. The SMILES string of the molecule is O=C(O)CCCCC(=O)OCCOCCOCCOCCOCCOCCOCCOCCOCCOCCOCCBr. The number of carboxylic acids is 1. The van der Waals surface area contributed by atoms with Crippen LogP contribution in [0.3, 0.4) is 0 Å². The van der Waals surface area contributed by atoms with Gasteiger partial charge in [-0.05, 0) is 12.8 Å². The van der Waals surface area contributed by atoms with Crippen LogP contribution < -0.4 is 0 Å². The van der Waals surface area contributed by atoms with Crippen LogP contribution in [-0.2, 0) is 61.7 Å². The average molecular weight is 694 g/mol. The van der Waals surface area contributed by atoms with Gasteiger partial charge < -0.3 is 57.2 Å². The van der Waals surface area contributed by atoms with Gasteiger partial charge in [-0.2, -0.15) is 0 Å². The minimum absolute atomic E-state index is 0.0614. The van der Waals surface area contributed by atoms with Crippen molar-refractivity contribution in [2.45, 2.75) is 25.7 Å². The Morgan fingerprint density at radius 3 is 0.930 bits per heavy atom. The van der Waals surface area contributed by atoms with Crippen LogP contribution in [0.5, 0.6) is 0 Å². The highest BCUT2D eigenvalue weighted by atomic mass is 79.9. The van der Waals surface area contributed by atoms with Crippen molar-refractivity contribution >= 4 is 27.9 Å². The third-order valence-corrected chi connectivity index (χ3v) is 5.41. The summed E-state index contributed by atoms with van der Waals surface area (Å²) >= 11 is 3.29. The molecule has 1 N–H and O–H groups in total. The lowest BCUT2D eigenvalue weighted by Crippen LogP contribution is -2.15. The Bertz CT molecular complexity index is 588. The van der Waals surface area contributed by atoms with E-state index in [4.69, 9.17) is 57.2 Å². The number of halogens is 1. The van der Waals surface area contributed by atoms with Crippen molar-refractivity contribution in [2.75, 3.05) is 144 Å². The van der Waals surface area contributed by atoms with Crippen molar-refractivity contribution in [3.8, 4) is 0 Å². The van der Waals surface area contributed by atoms with Crippen LogP contribution in [0.1, 0.15) is 25.7 Å². The quantitative estimate of drug-likeness (QED) is 0.0570. The molecular weight excluding hydrogens is 640 g/mol. The number of carbonyl (C=O) groups excluding carboxylic acids is 1. The number of esters is 1. The minimum Gasteiger partial charge on any atom is -0.481 e. The van der Waals surface area contributed by atoms with Crippen LogP contribution in [-0.4, -0.2) is 161 Å². The Labute approximate surface area is 264 Å². The molecule has 0 atom stereocenters. The molecule has 15 heteroatoms. The first-order chi connectivity index (χ1) is 21.2. The monoisotopic (exact) mass is 692 g/mol. The zero-order valence-electron chi connectivity index (χ0n) is 25.5. The average Bonchev–Trinajstić information content (AvgIpc) is 2.99. The second-order valence-corrected chi connectivity index (χ2v) is 9.43. The Morgan fingerprint density at radius 2 is 0.651 bits per heavy atom. The first kappa shape index (κ1) is 42.0. The van der Waals surface area contributed by atoms with Crippen LogP contribution in [0, 0.1) is 0 Å². The maximum Gasteiger partial charge on any atom is 0.305 e. The number of alkyl halides is 1. The molecule has 0 saturated heterocycles. The van der Waals surface area contributed by atoms with Crippen molar-refractivity contribution in [3.63, 3.8) is 0 Å². The lowest BCUT2D eigenvalue weighted by atomic mass is 10.2. The molecule has 0 saturated carbocycles. The zero-order chi connectivity index (χ0) is 31.3. The molecule has 0 aromatic rings. The Morgan fingerprint density at radius 1 is 0.395 bits per heavy atom. The van der Waals surface area contributed by atoms with Gasteiger partial charge in [-0.3, -0.25) is 9.59 Å². The van der Waals surface area contributed by atoms with E-state index in [0.717, 1.165) is 5.33 Å². The highest BCUT2D eigenvalue weighted by molar-refractivity contribution is 9.09. The second kappa shape index (κ2) is 37.2. The molecule has 0 fully saturated rings. The van der Waals surface area contributed by atoms with Crippen molar-refractivity contribution in [1.29, 1.82) is 0 Å². The van der Waals surface area contributed by atoms with Gasteiger partial charge in [0, 0.05) is 18.2 Å². The van der Waals surface area contributed by atoms with Crippen LogP contribution >= 0.6 is 15.9 Å². The molecule has 0 rings (SSSR count). The number of hydrogen-bond acceptors (Lipinski definition) is 13. The lowest BCUT2D eigenvalue weighted by Gasteiger charge is -2.09. The first-order valence-electron chi connectivity index (χ1n) is 14.9. The summed E-state index contributed by atoms with van der Waals surface area (Å²) in [6, 6.07) is 0. The molecule has 0 aromatic heterocycles.